The van der Waals surface area contributed by atoms with E-state index in [1.807, 2.05) is 12.2 Å². The van der Waals surface area contributed by atoms with Gasteiger partial charge in [-0.1, -0.05) is 11.6 Å². The maximum absolute atomic E-state index is 3.19. The molecule has 0 saturated carbocycles. The van der Waals surface area contributed by atoms with Crippen LogP contribution in [0.4, 0.5) is 0 Å². The molecule has 0 spiro atoms. The van der Waals surface area contributed by atoms with Crippen molar-refractivity contribution in [2.24, 2.45) is 0 Å². The number of rotatable bonds is 0. The van der Waals surface area contributed by atoms with Gasteiger partial charge in [0, 0.05) is 12.2 Å². The lowest BCUT2D eigenvalue weighted by Crippen LogP contribution is -2.23. The van der Waals surface area contributed by atoms with Crippen molar-refractivity contribution in [3.63, 3.8) is 0 Å². The summed E-state index contributed by atoms with van der Waals surface area (Å²) in [6.45, 7) is 5.31. The molecule has 0 aliphatic carbocycles. The minimum Gasteiger partial charge on any atom is -0.336 e. The third kappa shape index (κ3) is 1.11. The van der Waals surface area contributed by atoms with Gasteiger partial charge in [0.15, 0.2) is 0 Å². The Morgan fingerprint density at radius 3 is 3.08 bits per heavy atom. The van der Waals surface area contributed by atoms with Crippen molar-refractivity contribution >= 4 is 0 Å². The lowest BCUT2D eigenvalue weighted by molar-refractivity contribution is 0.484. The van der Waals surface area contributed by atoms with Gasteiger partial charge in [-0.2, -0.15) is 0 Å². The van der Waals surface area contributed by atoms with Crippen molar-refractivity contribution in [3.05, 3.63) is 47.3 Å². The van der Waals surface area contributed by atoms with Crippen LogP contribution < -0.4 is 0 Å². The molecule has 1 heteroatoms. The summed E-state index contributed by atoms with van der Waals surface area (Å²) in [5.74, 6) is 0. The Bertz CT molecular complexity index is 316. The van der Waals surface area contributed by atoms with Gasteiger partial charge >= 0.3 is 0 Å². The van der Waals surface area contributed by atoms with Gasteiger partial charge in [0.2, 0.25) is 0 Å². The molecule has 0 bridgehead atoms. The molecule has 12 heavy (non-hydrogen) atoms. The molecule has 0 aromatic carbocycles. The third-order valence-electron chi connectivity index (χ3n) is 2.34. The fourth-order valence-electron chi connectivity index (χ4n) is 1.41. The van der Waals surface area contributed by atoms with Crippen LogP contribution >= 0.6 is 0 Å². The molecule has 2 heterocycles. The van der Waals surface area contributed by atoms with Crippen molar-refractivity contribution in [1.82, 2.24) is 4.90 Å². The lowest BCUT2D eigenvalue weighted by atomic mass is 10.0. The molecule has 0 atom stereocenters. The molecule has 0 N–H and O–H groups in total. The number of allylic oxidation sites excluding steroid dienone is 5. The van der Waals surface area contributed by atoms with Gasteiger partial charge in [-0.15, -0.1) is 0 Å². The van der Waals surface area contributed by atoms with Gasteiger partial charge in [-0.25, -0.2) is 0 Å². The molecule has 2 aliphatic rings. The largest absolute Gasteiger partial charge is 0.336 e. The van der Waals surface area contributed by atoms with Crippen LogP contribution in [0.3, 0.4) is 0 Å². The maximum Gasteiger partial charge on any atom is 0.0655 e. The van der Waals surface area contributed by atoms with Gasteiger partial charge < -0.3 is 4.90 Å². The van der Waals surface area contributed by atoms with Crippen LogP contribution in [-0.2, 0) is 0 Å². The van der Waals surface area contributed by atoms with E-state index >= 15 is 0 Å². The fraction of sp³-hybridized carbons (Fsp3) is 0.273. The zero-order valence-electron chi connectivity index (χ0n) is 7.46. The van der Waals surface area contributed by atoms with Crippen LogP contribution in [-0.4, -0.2) is 11.4 Å². The Kier molecular flexibility index (Phi) is 1.65. The standard InChI is InChI=1S/C11H12N/c1-9-7-11-5-3-4-6-12(11)8-10(9)2/h3-5,7H,8H2,1-2H3. The monoisotopic (exact) mass is 158 g/mol. The Labute approximate surface area is 73.4 Å². The second-order valence-corrected chi connectivity index (χ2v) is 3.27. The predicted octanol–water partition coefficient (Wildman–Crippen LogP) is 2.41. The molecule has 61 valence electrons. The molecule has 0 amide bonds. The molecule has 0 aromatic rings. The maximum atomic E-state index is 3.19. The molecule has 1 radical (unpaired) electrons. The number of fused-ring (bicyclic) bond motifs is 1. The minimum absolute atomic E-state index is 0.985. The zero-order valence-corrected chi connectivity index (χ0v) is 7.46. The van der Waals surface area contributed by atoms with Crippen LogP contribution in [0.2, 0.25) is 0 Å². The topological polar surface area (TPSA) is 3.24 Å². The lowest BCUT2D eigenvalue weighted by Gasteiger charge is -2.27. The van der Waals surface area contributed by atoms with E-state index in [1.54, 1.807) is 0 Å². The Morgan fingerprint density at radius 1 is 1.42 bits per heavy atom. The minimum atomic E-state index is 0.985. The van der Waals surface area contributed by atoms with Gasteiger partial charge in [-0.3, -0.25) is 0 Å². The molecular formula is C11H12N. The summed E-state index contributed by atoms with van der Waals surface area (Å²) in [4.78, 5) is 2.14. The number of hydrogen-bond acceptors (Lipinski definition) is 1. The van der Waals surface area contributed by atoms with E-state index in [0.717, 1.165) is 6.54 Å². The second-order valence-electron chi connectivity index (χ2n) is 3.27. The van der Waals surface area contributed by atoms with Gasteiger partial charge in [-0.05, 0) is 37.6 Å². The Morgan fingerprint density at radius 2 is 2.25 bits per heavy atom. The SMILES string of the molecule is CC1=C(C)CN2[C]=CC=CC2=C1. The predicted molar refractivity (Wildman–Crippen MR) is 50.1 cm³/mol. The van der Waals surface area contributed by atoms with Crippen molar-refractivity contribution in [2.75, 3.05) is 6.54 Å². The molecule has 0 fully saturated rings. The first-order valence-electron chi connectivity index (χ1n) is 4.19. The summed E-state index contributed by atoms with van der Waals surface area (Å²) in [7, 11) is 0. The van der Waals surface area contributed by atoms with Crippen molar-refractivity contribution in [2.45, 2.75) is 13.8 Å². The summed E-state index contributed by atoms with van der Waals surface area (Å²) in [6, 6.07) is 0. The van der Waals surface area contributed by atoms with Crippen LogP contribution in [0.5, 0.6) is 0 Å². The van der Waals surface area contributed by atoms with E-state index in [2.05, 4.69) is 37.1 Å². The Balaban J connectivity index is 2.38. The van der Waals surface area contributed by atoms with Gasteiger partial charge in [0.1, 0.15) is 0 Å². The summed E-state index contributed by atoms with van der Waals surface area (Å²) >= 11 is 0. The normalized spacial score (nSPS) is 21.2. The molecule has 0 aromatic heterocycles. The molecule has 0 saturated heterocycles. The smallest absolute Gasteiger partial charge is 0.0655 e. The molecule has 2 aliphatic heterocycles. The fourth-order valence-corrected chi connectivity index (χ4v) is 1.41. The van der Waals surface area contributed by atoms with E-state index in [4.69, 9.17) is 0 Å². The first-order valence-corrected chi connectivity index (χ1v) is 4.19. The van der Waals surface area contributed by atoms with Crippen molar-refractivity contribution < 1.29 is 0 Å². The van der Waals surface area contributed by atoms with E-state index in [1.165, 1.54) is 16.8 Å². The van der Waals surface area contributed by atoms with E-state index in [9.17, 15) is 0 Å². The van der Waals surface area contributed by atoms with E-state index in [0.29, 0.717) is 0 Å². The number of hydrogen-bond donors (Lipinski definition) is 0. The van der Waals surface area contributed by atoms with Crippen LogP contribution in [0.1, 0.15) is 13.8 Å². The first kappa shape index (κ1) is 7.41. The average molecular weight is 158 g/mol. The summed E-state index contributed by atoms with van der Waals surface area (Å²) < 4.78 is 0. The van der Waals surface area contributed by atoms with Crippen LogP contribution in [0, 0.1) is 6.20 Å². The van der Waals surface area contributed by atoms with E-state index < -0.39 is 0 Å². The first-order chi connectivity index (χ1) is 5.77. The highest BCUT2D eigenvalue weighted by atomic mass is 15.1. The van der Waals surface area contributed by atoms with Crippen molar-refractivity contribution in [1.29, 1.82) is 0 Å². The highest BCUT2D eigenvalue weighted by Gasteiger charge is 2.13. The summed E-state index contributed by atoms with van der Waals surface area (Å²) in [5.41, 5.74) is 4.06. The highest BCUT2D eigenvalue weighted by molar-refractivity contribution is 5.39. The van der Waals surface area contributed by atoms with Crippen LogP contribution in [0.15, 0.2) is 41.1 Å². The molecular weight excluding hydrogens is 146 g/mol. The van der Waals surface area contributed by atoms with E-state index in [-0.39, 0.29) is 0 Å². The summed E-state index contributed by atoms with van der Waals surface area (Å²) in [6.07, 6.45) is 11.5. The highest BCUT2D eigenvalue weighted by Crippen LogP contribution is 2.22. The quantitative estimate of drug-likeness (QED) is 0.523. The Hall–Kier alpha value is -1.24. The van der Waals surface area contributed by atoms with Gasteiger partial charge in [0.05, 0.1) is 6.20 Å². The second kappa shape index (κ2) is 2.67. The van der Waals surface area contributed by atoms with Crippen LogP contribution in [0.25, 0.3) is 0 Å². The van der Waals surface area contributed by atoms with Gasteiger partial charge in [0.25, 0.3) is 0 Å². The number of nitrogens with zero attached hydrogens (tertiary/aromatic N) is 1. The molecule has 0 unspecified atom stereocenters. The summed E-state index contributed by atoms with van der Waals surface area (Å²) in [5, 5.41) is 0. The molecule has 2 rings (SSSR count). The zero-order chi connectivity index (χ0) is 8.55. The molecule has 1 nitrogen and oxygen atoms in total. The van der Waals surface area contributed by atoms with Crippen molar-refractivity contribution in [3.8, 4) is 0 Å². The third-order valence-corrected chi connectivity index (χ3v) is 2.34. The average Bonchev–Trinajstić information content (AvgIpc) is 2.07.